The van der Waals surface area contributed by atoms with Crippen LogP contribution in [0.15, 0.2) is 74.2 Å². The van der Waals surface area contributed by atoms with E-state index in [1.165, 1.54) is 12.1 Å². The van der Waals surface area contributed by atoms with Crippen LogP contribution in [0.3, 0.4) is 0 Å². The highest BCUT2D eigenvalue weighted by atomic mass is 79.9. The molecule has 148 valence electrons. The van der Waals surface area contributed by atoms with Crippen LogP contribution in [0.5, 0.6) is 5.75 Å². The third-order valence-corrected chi connectivity index (χ3v) is 5.38. The number of halogens is 1. The summed E-state index contributed by atoms with van der Waals surface area (Å²) in [6.07, 6.45) is 1.51. The van der Waals surface area contributed by atoms with Crippen molar-refractivity contribution in [3.05, 3.63) is 80.4 Å². The third-order valence-electron chi connectivity index (χ3n) is 3.87. The number of carbonyl (C=O) groups is 2. The number of amides is 1. The van der Waals surface area contributed by atoms with Crippen molar-refractivity contribution in [2.75, 3.05) is 6.61 Å². The highest BCUT2D eigenvalue weighted by Crippen LogP contribution is 2.40. The highest BCUT2D eigenvalue weighted by Gasteiger charge is 2.34. The first-order valence-corrected chi connectivity index (χ1v) is 10.2. The van der Waals surface area contributed by atoms with Gasteiger partial charge in [0.05, 0.1) is 11.5 Å². The van der Waals surface area contributed by atoms with Crippen LogP contribution in [-0.4, -0.2) is 33.7 Å². The second-order valence-corrected chi connectivity index (χ2v) is 7.79. The molecule has 1 aliphatic heterocycles. The SMILES string of the molecule is CCOC(=O)C1=C(O)/C(=C/c2cc(Br)ccc2O)SC1=NC(=O)c1ccccc1. The minimum atomic E-state index is -0.779. The lowest BCUT2D eigenvalue weighted by Crippen LogP contribution is -2.14. The summed E-state index contributed by atoms with van der Waals surface area (Å²) >= 11 is 4.28. The number of hydrogen-bond donors (Lipinski definition) is 2. The summed E-state index contributed by atoms with van der Waals surface area (Å²) in [6.45, 7) is 1.74. The molecule has 0 fully saturated rings. The molecular formula is C21H16BrNO5S. The van der Waals surface area contributed by atoms with Gasteiger partial charge >= 0.3 is 5.97 Å². The van der Waals surface area contributed by atoms with Crippen LogP contribution >= 0.6 is 27.7 Å². The Balaban J connectivity index is 2.05. The first kappa shape index (κ1) is 20.9. The number of aliphatic hydroxyl groups is 1. The van der Waals surface area contributed by atoms with Gasteiger partial charge in [0.1, 0.15) is 22.1 Å². The van der Waals surface area contributed by atoms with E-state index >= 15 is 0 Å². The summed E-state index contributed by atoms with van der Waals surface area (Å²) in [5.74, 6) is -1.68. The van der Waals surface area contributed by atoms with E-state index < -0.39 is 11.9 Å². The number of rotatable bonds is 4. The maximum absolute atomic E-state index is 12.5. The monoisotopic (exact) mass is 473 g/mol. The first-order valence-electron chi connectivity index (χ1n) is 8.58. The Kier molecular flexibility index (Phi) is 6.56. The number of phenols is 1. The molecule has 0 aliphatic carbocycles. The van der Waals surface area contributed by atoms with Crippen molar-refractivity contribution in [2.24, 2.45) is 4.99 Å². The molecule has 0 atom stereocenters. The lowest BCUT2D eigenvalue weighted by atomic mass is 10.1. The molecule has 1 aliphatic rings. The maximum atomic E-state index is 12.5. The average molecular weight is 474 g/mol. The van der Waals surface area contributed by atoms with E-state index in [2.05, 4.69) is 20.9 Å². The van der Waals surface area contributed by atoms with Crippen LogP contribution in [-0.2, 0) is 9.53 Å². The molecule has 0 radical (unpaired) electrons. The number of aliphatic hydroxyl groups excluding tert-OH is 1. The summed E-state index contributed by atoms with van der Waals surface area (Å²) in [5, 5.41) is 20.7. The number of nitrogens with zero attached hydrogens (tertiary/aromatic N) is 1. The van der Waals surface area contributed by atoms with Gasteiger partial charge in [-0.25, -0.2) is 9.79 Å². The minimum absolute atomic E-state index is 0.00228. The predicted octanol–water partition coefficient (Wildman–Crippen LogP) is 4.86. The molecule has 3 rings (SSSR count). The Morgan fingerprint density at radius 3 is 2.59 bits per heavy atom. The molecule has 2 N–H and O–H groups in total. The molecule has 0 aromatic heterocycles. The van der Waals surface area contributed by atoms with Crippen LogP contribution in [0.4, 0.5) is 0 Å². The predicted molar refractivity (Wildman–Crippen MR) is 116 cm³/mol. The van der Waals surface area contributed by atoms with E-state index in [-0.39, 0.29) is 33.6 Å². The summed E-state index contributed by atoms with van der Waals surface area (Å²) in [5.41, 5.74) is 0.597. The van der Waals surface area contributed by atoms with Crippen molar-refractivity contribution in [3.8, 4) is 5.75 Å². The lowest BCUT2D eigenvalue weighted by Gasteiger charge is -2.03. The van der Waals surface area contributed by atoms with Crippen molar-refractivity contribution in [3.63, 3.8) is 0 Å². The minimum Gasteiger partial charge on any atom is -0.507 e. The van der Waals surface area contributed by atoms with Crippen LogP contribution < -0.4 is 0 Å². The van der Waals surface area contributed by atoms with Gasteiger partial charge in [0.15, 0.2) is 0 Å². The molecule has 0 spiro atoms. The summed E-state index contributed by atoms with van der Waals surface area (Å²) in [6, 6.07) is 13.2. The quantitative estimate of drug-likeness (QED) is 0.615. The molecule has 0 unspecified atom stereocenters. The number of benzene rings is 2. The average Bonchev–Trinajstić information content (AvgIpc) is 3.00. The number of ether oxygens (including phenoxy) is 1. The van der Waals surface area contributed by atoms with Gasteiger partial charge in [-0.3, -0.25) is 4.79 Å². The van der Waals surface area contributed by atoms with Crippen molar-refractivity contribution in [1.29, 1.82) is 0 Å². The van der Waals surface area contributed by atoms with E-state index in [0.29, 0.717) is 11.1 Å². The Hall–Kier alpha value is -2.84. The number of phenolic OH excluding ortho intramolecular Hbond substituents is 1. The Bertz CT molecular complexity index is 1060. The number of aliphatic imine (C=N–C) groups is 1. The Morgan fingerprint density at radius 1 is 1.17 bits per heavy atom. The smallest absolute Gasteiger partial charge is 0.344 e. The van der Waals surface area contributed by atoms with E-state index in [1.54, 1.807) is 49.4 Å². The molecule has 2 aromatic rings. The standard InChI is InChI=1S/C21H16BrNO5S/c1-2-28-21(27)17-18(25)16(11-13-10-14(22)8-9-15(13)24)29-20(17)23-19(26)12-6-4-3-5-7-12/h3-11,24-25H,2H2,1H3/b16-11-,23-20?. The molecule has 1 amide bonds. The van der Waals surface area contributed by atoms with E-state index in [9.17, 15) is 19.8 Å². The summed E-state index contributed by atoms with van der Waals surface area (Å²) in [4.78, 5) is 29.1. The van der Waals surface area contributed by atoms with Gasteiger partial charge in [0.25, 0.3) is 5.91 Å². The zero-order valence-corrected chi connectivity index (χ0v) is 17.7. The normalized spacial score (nSPS) is 16.5. The number of aromatic hydroxyl groups is 1. The largest absolute Gasteiger partial charge is 0.507 e. The molecule has 0 saturated heterocycles. The third kappa shape index (κ3) is 4.78. The lowest BCUT2D eigenvalue weighted by molar-refractivity contribution is -0.138. The number of hydrogen-bond acceptors (Lipinski definition) is 6. The molecule has 0 bridgehead atoms. The van der Waals surface area contributed by atoms with E-state index in [0.717, 1.165) is 16.2 Å². The maximum Gasteiger partial charge on any atom is 0.344 e. The van der Waals surface area contributed by atoms with Gasteiger partial charge in [0, 0.05) is 15.6 Å². The first-order chi connectivity index (χ1) is 13.9. The number of carbonyl (C=O) groups excluding carboxylic acids is 2. The molecule has 1 heterocycles. The molecule has 0 saturated carbocycles. The van der Waals surface area contributed by atoms with Gasteiger partial charge in [-0.1, -0.05) is 45.9 Å². The molecular weight excluding hydrogens is 458 g/mol. The van der Waals surface area contributed by atoms with Crippen molar-refractivity contribution >= 4 is 50.7 Å². The second kappa shape index (κ2) is 9.11. The zero-order valence-electron chi connectivity index (χ0n) is 15.3. The summed E-state index contributed by atoms with van der Waals surface area (Å²) < 4.78 is 5.74. The topological polar surface area (TPSA) is 96.2 Å². The van der Waals surface area contributed by atoms with Crippen molar-refractivity contribution in [2.45, 2.75) is 6.92 Å². The molecule has 2 aromatic carbocycles. The summed E-state index contributed by atoms with van der Waals surface area (Å²) in [7, 11) is 0. The van der Waals surface area contributed by atoms with Gasteiger partial charge in [0.2, 0.25) is 0 Å². The second-order valence-electron chi connectivity index (χ2n) is 5.85. The number of esters is 1. The molecule has 6 nitrogen and oxygen atoms in total. The van der Waals surface area contributed by atoms with Crippen LogP contribution in [0, 0.1) is 0 Å². The molecule has 8 heteroatoms. The Labute approximate surface area is 179 Å². The fourth-order valence-electron chi connectivity index (χ4n) is 2.51. The van der Waals surface area contributed by atoms with Crippen LogP contribution in [0.1, 0.15) is 22.8 Å². The van der Waals surface area contributed by atoms with Gasteiger partial charge < -0.3 is 14.9 Å². The molecule has 29 heavy (non-hydrogen) atoms. The van der Waals surface area contributed by atoms with Crippen molar-refractivity contribution < 1.29 is 24.5 Å². The van der Waals surface area contributed by atoms with Gasteiger partial charge in [-0.15, -0.1) is 0 Å². The fourth-order valence-corrected chi connectivity index (χ4v) is 3.89. The fraction of sp³-hybridized carbons (Fsp3) is 0.0952. The van der Waals surface area contributed by atoms with Gasteiger partial charge in [-0.05, 0) is 43.3 Å². The van der Waals surface area contributed by atoms with Crippen LogP contribution in [0.25, 0.3) is 6.08 Å². The number of thioether (sulfide) groups is 1. The van der Waals surface area contributed by atoms with Gasteiger partial charge in [-0.2, -0.15) is 0 Å². The van der Waals surface area contributed by atoms with Crippen LogP contribution in [0.2, 0.25) is 0 Å². The highest BCUT2D eigenvalue weighted by molar-refractivity contribution is 9.10. The van der Waals surface area contributed by atoms with E-state index in [1.807, 2.05) is 0 Å². The Morgan fingerprint density at radius 2 is 1.90 bits per heavy atom. The zero-order chi connectivity index (χ0) is 21.0. The van der Waals surface area contributed by atoms with Crippen molar-refractivity contribution in [1.82, 2.24) is 0 Å². The van der Waals surface area contributed by atoms with E-state index in [4.69, 9.17) is 4.74 Å².